The standard InChI is InChI=1S/C25H35N7O3/c1-19-5-2-6-20-15-21(25(33)26-24(19)20)16-31(9-4-8-30-10-13-34-14-11-30)18-23-27-28-29-32(23)17-22-7-3-12-35-22/h2,5-6,15,22H,3-4,7-14,16-18H2,1H3,(H,26,33)/t22-/m1/s1. The molecule has 35 heavy (non-hydrogen) atoms. The normalized spacial score (nSPS) is 19.2. The van der Waals surface area contributed by atoms with E-state index in [4.69, 9.17) is 9.47 Å². The highest BCUT2D eigenvalue weighted by molar-refractivity contribution is 5.81. The highest BCUT2D eigenvalue weighted by Crippen LogP contribution is 2.18. The number of aryl methyl sites for hydroxylation is 1. The Kier molecular flexibility index (Phi) is 7.82. The average Bonchev–Trinajstić information content (AvgIpc) is 3.53. The van der Waals surface area contributed by atoms with Crippen LogP contribution in [0.1, 0.15) is 36.2 Å². The molecule has 188 valence electrons. The smallest absolute Gasteiger partial charge is 0.252 e. The number of H-pyrrole nitrogens is 1. The van der Waals surface area contributed by atoms with Crippen molar-refractivity contribution in [3.05, 3.63) is 51.6 Å². The summed E-state index contributed by atoms with van der Waals surface area (Å²) in [4.78, 5) is 20.8. The Morgan fingerprint density at radius 1 is 1.20 bits per heavy atom. The maximum atomic E-state index is 13.0. The number of rotatable bonds is 10. The molecule has 0 saturated carbocycles. The number of benzene rings is 1. The average molecular weight is 482 g/mol. The Morgan fingerprint density at radius 2 is 2.09 bits per heavy atom. The lowest BCUT2D eigenvalue weighted by molar-refractivity contribution is 0.0358. The minimum atomic E-state index is -0.0380. The van der Waals surface area contributed by atoms with Crippen molar-refractivity contribution in [2.75, 3.05) is 46.0 Å². The van der Waals surface area contributed by atoms with Gasteiger partial charge in [-0.1, -0.05) is 18.2 Å². The number of aromatic amines is 1. The van der Waals surface area contributed by atoms with Gasteiger partial charge in [-0.15, -0.1) is 5.10 Å². The van der Waals surface area contributed by atoms with Gasteiger partial charge in [0.15, 0.2) is 5.82 Å². The lowest BCUT2D eigenvalue weighted by Gasteiger charge is -2.28. The largest absolute Gasteiger partial charge is 0.379 e. The molecule has 2 aliphatic heterocycles. The molecule has 5 rings (SSSR count). The molecule has 2 fully saturated rings. The summed E-state index contributed by atoms with van der Waals surface area (Å²) in [7, 11) is 0. The highest BCUT2D eigenvalue weighted by Gasteiger charge is 2.21. The first-order valence-electron chi connectivity index (χ1n) is 12.7. The fraction of sp³-hybridized carbons (Fsp3) is 0.600. The van der Waals surface area contributed by atoms with Crippen LogP contribution in [0.15, 0.2) is 29.1 Å². The second-order valence-electron chi connectivity index (χ2n) is 9.59. The van der Waals surface area contributed by atoms with Crippen LogP contribution >= 0.6 is 0 Å². The number of nitrogens with zero attached hydrogens (tertiary/aromatic N) is 6. The lowest BCUT2D eigenvalue weighted by atomic mass is 10.1. The van der Waals surface area contributed by atoms with Gasteiger partial charge < -0.3 is 14.5 Å². The van der Waals surface area contributed by atoms with Crippen molar-refractivity contribution in [2.45, 2.75) is 51.9 Å². The second-order valence-corrected chi connectivity index (χ2v) is 9.59. The topological polar surface area (TPSA) is 101 Å². The summed E-state index contributed by atoms with van der Waals surface area (Å²) in [6, 6.07) is 8.11. The van der Waals surface area contributed by atoms with E-state index in [1.807, 2.05) is 35.9 Å². The van der Waals surface area contributed by atoms with Crippen LogP contribution in [0.25, 0.3) is 10.9 Å². The molecule has 10 heteroatoms. The zero-order valence-electron chi connectivity index (χ0n) is 20.5. The molecule has 2 aliphatic rings. The fourth-order valence-electron chi connectivity index (χ4n) is 5.00. The summed E-state index contributed by atoms with van der Waals surface area (Å²) in [5, 5.41) is 13.5. The van der Waals surface area contributed by atoms with Crippen LogP contribution in [0.5, 0.6) is 0 Å². The highest BCUT2D eigenvalue weighted by atomic mass is 16.5. The molecule has 3 aromatic rings. The Hall–Kier alpha value is -2.66. The third-order valence-corrected chi connectivity index (χ3v) is 6.98. The quantitative estimate of drug-likeness (QED) is 0.467. The lowest BCUT2D eigenvalue weighted by Crippen LogP contribution is -2.38. The summed E-state index contributed by atoms with van der Waals surface area (Å²) < 4.78 is 13.1. The summed E-state index contributed by atoms with van der Waals surface area (Å²) in [5.41, 5.74) is 2.69. The minimum Gasteiger partial charge on any atom is -0.379 e. The molecule has 4 heterocycles. The van der Waals surface area contributed by atoms with Gasteiger partial charge in [-0.05, 0) is 60.2 Å². The molecular formula is C25H35N7O3. The molecule has 1 atom stereocenters. The first-order valence-corrected chi connectivity index (χ1v) is 12.7. The molecule has 0 unspecified atom stereocenters. The zero-order valence-corrected chi connectivity index (χ0v) is 20.5. The SMILES string of the molecule is Cc1cccc2cc(CN(CCCN3CCOCC3)Cc3nnnn3C[C@H]3CCCO3)c(=O)[nH]c12. The predicted octanol–water partition coefficient (Wildman–Crippen LogP) is 1.73. The van der Waals surface area contributed by atoms with Crippen molar-refractivity contribution in [2.24, 2.45) is 0 Å². The number of tetrazole rings is 1. The zero-order chi connectivity index (χ0) is 24.0. The molecule has 1 N–H and O–H groups in total. The van der Waals surface area contributed by atoms with Crippen LogP contribution in [0, 0.1) is 6.92 Å². The van der Waals surface area contributed by atoms with Crippen LogP contribution in [-0.2, 0) is 29.1 Å². The molecule has 2 saturated heterocycles. The first-order chi connectivity index (χ1) is 17.2. The molecule has 10 nitrogen and oxygen atoms in total. The van der Waals surface area contributed by atoms with E-state index >= 15 is 0 Å². The molecule has 2 aromatic heterocycles. The third-order valence-electron chi connectivity index (χ3n) is 6.98. The van der Waals surface area contributed by atoms with Crippen molar-refractivity contribution >= 4 is 10.9 Å². The summed E-state index contributed by atoms with van der Waals surface area (Å²) in [6.07, 6.45) is 3.28. The molecule has 0 spiro atoms. The van der Waals surface area contributed by atoms with E-state index < -0.39 is 0 Å². The van der Waals surface area contributed by atoms with E-state index in [0.29, 0.717) is 19.6 Å². The summed E-state index contributed by atoms with van der Waals surface area (Å²) in [5.74, 6) is 0.805. The van der Waals surface area contributed by atoms with Gasteiger partial charge in [0.2, 0.25) is 0 Å². The minimum absolute atomic E-state index is 0.0380. The van der Waals surface area contributed by atoms with E-state index in [-0.39, 0.29) is 11.7 Å². The number of morpholine rings is 1. The van der Waals surface area contributed by atoms with Gasteiger partial charge in [0.25, 0.3) is 5.56 Å². The number of aromatic nitrogens is 5. The van der Waals surface area contributed by atoms with E-state index in [0.717, 1.165) is 93.1 Å². The van der Waals surface area contributed by atoms with Crippen molar-refractivity contribution < 1.29 is 9.47 Å². The van der Waals surface area contributed by atoms with Gasteiger partial charge in [0, 0.05) is 38.3 Å². The number of para-hydroxylation sites is 1. The predicted molar refractivity (Wildman–Crippen MR) is 132 cm³/mol. The Morgan fingerprint density at radius 3 is 2.91 bits per heavy atom. The molecule has 1 aromatic carbocycles. The van der Waals surface area contributed by atoms with Gasteiger partial charge in [-0.3, -0.25) is 14.6 Å². The van der Waals surface area contributed by atoms with Gasteiger partial charge in [-0.2, -0.15) is 0 Å². The van der Waals surface area contributed by atoms with Crippen LogP contribution in [0.4, 0.5) is 0 Å². The van der Waals surface area contributed by atoms with Gasteiger partial charge in [0.1, 0.15) is 0 Å². The maximum Gasteiger partial charge on any atom is 0.252 e. The van der Waals surface area contributed by atoms with Crippen LogP contribution in [0.3, 0.4) is 0 Å². The van der Waals surface area contributed by atoms with E-state index in [9.17, 15) is 4.79 Å². The monoisotopic (exact) mass is 481 g/mol. The summed E-state index contributed by atoms with van der Waals surface area (Å²) >= 11 is 0. The van der Waals surface area contributed by atoms with Crippen molar-refractivity contribution in [3.63, 3.8) is 0 Å². The van der Waals surface area contributed by atoms with Gasteiger partial charge in [0.05, 0.1) is 37.9 Å². The molecule has 0 radical (unpaired) electrons. The Bertz CT molecular complexity index is 1170. The van der Waals surface area contributed by atoms with E-state index in [2.05, 4.69) is 30.3 Å². The number of pyridine rings is 1. The fourth-order valence-corrected chi connectivity index (χ4v) is 5.00. The molecule has 0 bridgehead atoms. The van der Waals surface area contributed by atoms with Crippen LogP contribution < -0.4 is 5.56 Å². The number of hydrogen-bond donors (Lipinski definition) is 1. The second kappa shape index (κ2) is 11.4. The van der Waals surface area contributed by atoms with Crippen molar-refractivity contribution in [3.8, 4) is 0 Å². The summed E-state index contributed by atoms with van der Waals surface area (Å²) in [6.45, 7) is 10.0. The Balaban J connectivity index is 1.32. The van der Waals surface area contributed by atoms with E-state index in [1.54, 1.807) is 0 Å². The molecule has 0 amide bonds. The number of nitrogens with one attached hydrogen (secondary N) is 1. The van der Waals surface area contributed by atoms with Crippen molar-refractivity contribution in [1.82, 2.24) is 35.0 Å². The number of ether oxygens (including phenoxy) is 2. The van der Waals surface area contributed by atoms with Crippen LogP contribution in [-0.4, -0.2) is 87.1 Å². The Labute approximate surface area is 205 Å². The van der Waals surface area contributed by atoms with E-state index in [1.165, 1.54) is 0 Å². The van der Waals surface area contributed by atoms with Crippen LogP contribution in [0.2, 0.25) is 0 Å². The molecular weight excluding hydrogens is 446 g/mol. The number of hydrogen-bond acceptors (Lipinski definition) is 8. The maximum absolute atomic E-state index is 13.0. The third kappa shape index (κ3) is 6.13. The van der Waals surface area contributed by atoms with Gasteiger partial charge in [-0.25, -0.2) is 4.68 Å². The van der Waals surface area contributed by atoms with Gasteiger partial charge >= 0.3 is 0 Å². The first kappa shape index (κ1) is 24.1. The van der Waals surface area contributed by atoms with Crippen molar-refractivity contribution in [1.29, 1.82) is 0 Å². The number of fused-ring (bicyclic) bond motifs is 1. The molecule has 0 aliphatic carbocycles.